The molecule has 0 aromatic carbocycles. The predicted octanol–water partition coefficient (Wildman–Crippen LogP) is 1.67. The minimum atomic E-state index is -4.51. The van der Waals surface area contributed by atoms with Gasteiger partial charge in [0.1, 0.15) is 5.69 Å². The summed E-state index contributed by atoms with van der Waals surface area (Å²) < 4.78 is 37.3. The molecule has 2 heterocycles. The molecular weight excluding hydrogens is 301 g/mol. The third-order valence-electron chi connectivity index (χ3n) is 2.85. The van der Waals surface area contributed by atoms with E-state index in [0.717, 1.165) is 18.3 Å². The van der Waals surface area contributed by atoms with E-state index in [-0.39, 0.29) is 5.56 Å². The Bertz CT molecular complexity index is 725. The Balaban J connectivity index is 2.10. The Morgan fingerprint density at radius 1 is 1.32 bits per heavy atom. The summed E-state index contributed by atoms with van der Waals surface area (Å²) >= 11 is 0. The Kier molecular flexibility index (Phi) is 4.25. The Morgan fingerprint density at radius 3 is 2.59 bits per heavy atom. The van der Waals surface area contributed by atoms with Gasteiger partial charge in [-0.3, -0.25) is 14.6 Å². The van der Waals surface area contributed by atoms with Crippen LogP contribution in [-0.2, 0) is 6.18 Å². The number of halogens is 3. The van der Waals surface area contributed by atoms with Crippen molar-refractivity contribution < 1.29 is 18.0 Å². The highest BCUT2D eigenvalue weighted by molar-refractivity contribution is 5.93. The number of aromatic amines is 1. The number of rotatable bonds is 3. The molecule has 116 valence electrons. The molecule has 0 radical (unpaired) electrons. The fourth-order valence-corrected chi connectivity index (χ4v) is 1.69. The van der Waals surface area contributed by atoms with Gasteiger partial charge in [-0.05, 0) is 18.6 Å². The van der Waals surface area contributed by atoms with E-state index in [1.807, 2.05) is 0 Å². The number of hydrogen-bond acceptors (Lipinski definition) is 4. The molecule has 0 spiro atoms. The molecule has 0 aliphatic rings. The van der Waals surface area contributed by atoms with Crippen molar-refractivity contribution in [2.24, 2.45) is 0 Å². The maximum absolute atomic E-state index is 12.4. The van der Waals surface area contributed by atoms with Crippen LogP contribution >= 0.6 is 0 Å². The number of aromatic nitrogens is 3. The van der Waals surface area contributed by atoms with Crippen LogP contribution in [0.15, 0.2) is 35.4 Å². The van der Waals surface area contributed by atoms with Crippen LogP contribution in [0.3, 0.4) is 0 Å². The lowest BCUT2D eigenvalue weighted by Crippen LogP contribution is -2.28. The van der Waals surface area contributed by atoms with Crippen molar-refractivity contribution in [3.8, 4) is 0 Å². The fraction of sp³-hybridized carbons (Fsp3) is 0.231. The Morgan fingerprint density at radius 2 is 2.05 bits per heavy atom. The second kappa shape index (κ2) is 5.96. The number of amides is 1. The zero-order valence-electron chi connectivity index (χ0n) is 11.3. The molecule has 22 heavy (non-hydrogen) atoms. The summed E-state index contributed by atoms with van der Waals surface area (Å²) in [6.45, 7) is 1.59. The van der Waals surface area contributed by atoms with E-state index in [0.29, 0.717) is 5.56 Å². The molecule has 6 nitrogen and oxygen atoms in total. The topological polar surface area (TPSA) is 87.7 Å². The molecule has 2 aromatic heterocycles. The number of nitrogens with zero attached hydrogens (tertiary/aromatic N) is 2. The van der Waals surface area contributed by atoms with Gasteiger partial charge in [0.25, 0.3) is 11.5 Å². The summed E-state index contributed by atoms with van der Waals surface area (Å²) in [4.78, 5) is 26.3. The van der Waals surface area contributed by atoms with Gasteiger partial charge in [0, 0.05) is 12.3 Å². The second-order valence-electron chi connectivity index (χ2n) is 4.50. The summed E-state index contributed by atoms with van der Waals surface area (Å²) in [5.74, 6) is -0.564. The minimum absolute atomic E-state index is 0.0514. The summed E-state index contributed by atoms with van der Waals surface area (Å²) in [5.41, 5.74) is -1.08. The highest BCUT2D eigenvalue weighted by Gasteiger charge is 2.32. The van der Waals surface area contributed by atoms with Crippen LogP contribution in [0.2, 0.25) is 0 Å². The van der Waals surface area contributed by atoms with Gasteiger partial charge in [0.15, 0.2) is 0 Å². The molecule has 0 saturated heterocycles. The average Bonchev–Trinajstić information content (AvgIpc) is 2.46. The molecule has 9 heteroatoms. The summed E-state index contributed by atoms with van der Waals surface area (Å²) in [6.07, 6.45) is -2.29. The molecular formula is C13H11F3N4O2. The van der Waals surface area contributed by atoms with E-state index in [1.165, 1.54) is 12.3 Å². The molecule has 2 rings (SSSR count). The summed E-state index contributed by atoms with van der Waals surface area (Å²) in [7, 11) is 0. The molecule has 1 atom stereocenters. The standard InChI is InChI=1S/C13H11F3N4O2/c1-7(8-2-3-10(17-5-8)13(14,15)16)19-12(22)9-4-11(21)20-18-6-9/h2-7H,1H3,(H,19,22)(H,20,21)/t7-/m1/s1. The molecule has 0 saturated carbocycles. The van der Waals surface area contributed by atoms with Crippen molar-refractivity contribution in [3.05, 3.63) is 57.8 Å². The number of alkyl halides is 3. The van der Waals surface area contributed by atoms with Gasteiger partial charge in [-0.2, -0.15) is 18.3 Å². The lowest BCUT2D eigenvalue weighted by Gasteiger charge is -2.14. The molecule has 0 fully saturated rings. The van der Waals surface area contributed by atoms with Gasteiger partial charge >= 0.3 is 6.18 Å². The van der Waals surface area contributed by atoms with Gasteiger partial charge in [-0.15, -0.1) is 0 Å². The van der Waals surface area contributed by atoms with Gasteiger partial charge in [-0.1, -0.05) is 6.07 Å². The number of pyridine rings is 1. The average molecular weight is 312 g/mol. The number of carbonyl (C=O) groups excluding carboxylic acids is 1. The van der Waals surface area contributed by atoms with Gasteiger partial charge < -0.3 is 5.32 Å². The largest absolute Gasteiger partial charge is 0.433 e. The number of hydrogen-bond donors (Lipinski definition) is 2. The van der Waals surface area contributed by atoms with E-state index in [2.05, 4.69) is 20.5 Å². The molecule has 1 amide bonds. The fourth-order valence-electron chi connectivity index (χ4n) is 1.69. The van der Waals surface area contributed by atoms with Crippen molar-refractivity contribution in [2.45, 2.75) is 19.1 Å². The van der Waals surface area contributed by atoms with E-state index >= 15 is 0 Å². The van der Waals surface area contributed by atoms with Crippen molar-refractivity contribution in [2.75, 3.05) is 0 Å². The number of H-pyrrole nitrogens is 1. The third kappa shape index (κ3) is 3.68. The van der Waals surface area contributed by atoms with Gasteiger partial charge in [-0.25, -0.2) is 5.10 Å². The maximum atomic E-state index is 12.4. The predicted molar refractivity (Wildman–Crippen MR) is 70.0 cm³/mol. The minimum Gasteiger partial charge on any atom is -0.345 e. The Hall–Kier alpha value is -2.71. The summed E-state index contributed by atoms with van der Waals surface area (Å²) in [6, 6.07) is 2.56. The quantitative estimate of drug-likeness (QED) is 0.902. The van der Waals surface area contributed by atoms with Crippen LogP contribution in [0.1, 0.15) is 34.6 Å². The van der Waals surface area contributed by atoms with Crippen molar-refractivity contribution in [3.63, 3.8) is 0 Å². The van der Waals surface area contributed by atoms with Crippen LogP contribution in [0.25, 0.3) is 0 Å². The molecule has 0 bridgehead atoms. The van der Waals surface area contributed by atoms with Gasteiger partial charge in [0.2, 0.25) is 0 Å². The molecule has 0 aliphatic heterocycles. The van der Waals surface area contributed by atoms with E-state index in [4.69, 9.17) is 0 Å². The van der Waals surface area contributed by atoms with Crippen LogP contribution < -0.4 is 10.9 Å². The Labute approximate surface area is 122 Å². The molecule has 0 unspecified atom stereocenters. The van der Waals surface area contributed by atoms with Crippen LogP contribution in [0.4, 0.5) is 13.2 Å². The smallest absolute Gasteiger partial charge is 0.345 e. The van der Waals surface area contributed by atoms with Crippen molar-refractivity contribution >= 4 is 5.91 Å². The summed E-state index contributed by atoms with van der Waals surface area (Å²) in [5, 5.41) is 8.16. The van der Waals surface area contributed by atoms with Crippen LogP contribution in [0, 0.1) is 0 Å². The monoisotopic (exact) mass is 312 g/mol. The number of carbonyl (C=O) groups is 1. The van der Waals surface area contributed by atoms with E-state index in [9.17, 15) is 22.8 Å². The van der Waals surface area contributed by atoms with E-state index < -0.39 is 29.4 Å². The molecule has 2 aromatic rings. The number of nitrogens with one attached hydrogen (secondary N) is 2. The molecule has 0 aliphatic carbocycles. The zero-order valence-corrected chi connectivity index (χ0v) is 11.3. The van der Waals surface area contributed by atoms with Crippen molar-refractivity contribution in [1.29, 1.82) is 0 Å². The lowest BCUT2D eigenvalue weighted by atomic mass is 10.1. The van der Waals surface area contributed by atoms with Crippen LogP contribution in [0.5, 0.6) is 0 Å². The first kappa shape index (κ1) is 15.7. The highest BCUT2D eigenvalue weighted by Crippen LogP contribution is 2.27. The maximum Gasteiger partial charge on any atom is 0.433 e. The van der Waals surface area contributed by atoms with Gasteiger partial charge in [0.05, 0.1) is 17.8 Å². The SMILES string of the molecule is C[C@@H](NC(=O)c1cn[nH]c(=O)c1)c1ccc(C(F)(F)F)nc1. The third-order valence-corrected chi connectivity index (χ3v) is 2.85. The molecule has 2 N–H and O–H groups in total. The van der Waals surface area contributed by atoms with E-state index in [1.54, 1.807) is 6.92 Å². The first-order valence-electron chi connectivity index (χ1n) is 6.16. The van der Waals surface area contributed by atoms with Crippen molar-refractivity contribution in [1.82, 2.24) is 20.5 Å². The highest BCUT2D eigenvalue weighted by atomic mass is 19.4. The normalized spacial score (nSPS) is 12.7. The first-order valence-corrected chi connectivity index (χ1v) is 6.16. The zero-order chi connectivity index (χ0) is 16.3. The second-order valence-corrected chi connectivity index (χ2v) is 4.50. The van der Waals surface area contributed by atoms with Crippen LogP contribution in [-0.4, -0.2) is 21.1 Å². The lowest BCUT2D eigenvalue weighted by molar-refractivity contribution is -0.141. The first-order chi connectivity index (χ1) is 10.3.